The summed E-state index contributed by atoms with van der Waals surface area (Å²) in [6.07, 6.45) is 0. The maximum Gasteiger partial charge on any atom is 0.238 e. The van der Waals surface area contributed by atoms with Crippen LogP contribution in [0.15, 0.2) is 78.9 Å². The molecule has 1 aliphatic rings. The molecule has 6 nitrogen and oxygen atoms in total. The van der Waals surface area contributed by atoms with E-state index in [1.165, 1.54) is 0 Å². The van der Waals surface area contributed by atoms with Crippen LogP contribution < -0.4 is 10.2 Å². The molecule has 1 aliphatic heterocycles. The lowest BCUT2D eigenvalue weighted by molar-refractivity contribution is -0.117. The monoisotopic (exact) mass is 457 g/mol. The third kappa shape index (κ3) is 4.82. The van der Waals surface area contributed by atoms with Crippen LogP contribution in [0, 0.1) is 0 Å². The van der Waals surface area contributed by atoms with E-state index in [1.807, 2.05) is 48.5 Å². The van der Waals surface area contributed by atoms with Crippen molar-refractivity contribution in [2.24, 2.45) is 0 Å². The molecule has 0 radical (unpaired) electrons. The number of hydrogen-bond donors (Lipinski definition) is 1. The molecule has 0 unspecified atom stereocenters. The van der Waals surface area contributed by atoms with E-state index in [-0.39, 0.29) is 5.91 Å². The summed E-state index contributed by atoms with van der Waals surface area (Å²) in [5.74, 6) is 0.664. The van der Waals surface area contributed by atoms with Gasteiger partial charge in [0.2, 0.25) is 11.9 Å². The molecule has 2 heterocycles. The Morgan fingerprint density at radius 1 is 0.848 bits per heavy atom. The quantitative estimate of drug-likeness (QED) is 0.470. The van der Waals surface area contributed by atoms with Crippen LogP contribution in [-0.4, -0.2) is 53.5 Å². The average molecular weight is 458 g/mol. The molecule has 1 amide bonds. The second-order valence-corrected chi connectivity index (χ2v) is 8.45. The number of fused-ring (bicyclic) bond motifs is 1. The van der Waals surface area contributed by atoms with E-state index in [0.29, 0.717) is 17.3 Å². The number of halogens is 1. The van der Waals surface area contributed by atoms with Gasteiger partial charge in [0.25, 0.3) is 0 Å². The first-order chi connectivity index (χ1) is 16.2. The average Bonchev–Trinajstić information content (AvgIpc) is 2.86. The summed E-state index contributed by atoms with van der Waals surface area (Å²) in [7, 11) is 0. The summed E-state index contributed by atoms with van der Waals surface area (Å²) < 4.78 is 0. The van der Waals surface area contributed by atoms with Crippen molar-refractivity contribution in [1.82, 2.24) is 14.9 Å². The van der Waals surface area contributed by atoms with Crippen molar-refractivity contribution in [3.63, 3.8) is 0 Å². The molecule has 0 spiro atoms. The number of nitrogens with zero attached hydrogens (tertiary/aromatic N) is 4. The van der Waals surface area contributed by atoms with E-state index < -0.39 is 0 Å². The van der Waals surface area contributed by atoms with Gasteiger partial charge in [-0.2, -0.15) is 0 Å². The van der Waals surface area contributed by atoms with Crippen molar-refractivity contribution >= 4 is 40.0 Å². The lowest BCUT2D eigenvalue weighted by Crippen LogP contribution is -2.49. The number of anilines is 2. The number of benzene rings is 3. The number of para-hydroxylation sites is 2. The summed E-state index contributed by atoms with van der Waals surface area (Å²) in [6.45, 7) is 3.35. The van der Waals surface area contributed by atoms with Gasteiger partial charge in [0.1, 0.15) is 0 Å². The largest absolute Gasteiger partial charge is 0.338 e. The van der Waals surface area contributed by atoms with Crippen LogP contribution in [0.4, 0.5) is 11.6 Å². The van der Waals surface area contributed by atoms with E-state index in [9.17, 15) is 4.79 Å². The molecule has 5 rings (SSSR count). The zero-order valence-corrected chi connectivity index (χ0v) is 18.9. The minimum Gasteiger partial charge on any atom is -0.338 e. The molecule has 1 N–H and O–H groups in total. The number of piperazine rings is 1. The van der Waals surface area contributed by atoms with Crippen LogP contribution in [0.25, 0.3) is 22.2 Å². The SMILES string of the molecule is O=C(CN1CCN(c2nc(-c3ccccc3)c3ccccc3n2)CC1)Nc1ccccc1Cl. The molecule has 0 atom stereocenters. The number of carbonyl (C=O) groups is 1. The third-order valence-corrected chi connectivity index (χ3v) is 6.14. The first-order valence-electron chi connectivity index (χ1n) is 11.0. The van der Waals surface area contributed by atoms with Crippen molar-refractivity contribution in [3.8, 4) is 11.3 Å². The smallest absolute Gasteiger partial charge is 0.238 e. The van der Waals surface area contributed by atoms with Gasteiger partial charge in [-0.25, -0.2) is 9.97 Å². The van der Waals surface area contributed by atoms with Gasteiger partial charge in [-0.05, 0) is 18.2 Å². The van der Waals surface area contributed by atoms with Gasteiger partial charge >= 0.3 is 0 Å². The fourth-order valence-electron chi connectivity index (χ4n) is 4.08. The molecule has 0 saturated carbocycles. The Morgan fingerprint density at radius 3 is 2.33 bits per heavy atom. The van der Waals surface area contributed by atoms with Crippen molar-refractivity contribution in [3.05, 3.63) is 83.9 Å². The molecule has 7 heteroatoms. The predicted octanol–water partition coefficient (Wildman–Crippen LogP) is 4.71. The standard InChI is InChI=1S/C26H24ClN5O/c27-21-11-5-7-13-23(21)28-24(33)18-31-14-16-32(17-15-31)26-29-22-12-6-4-10-20(22)25(30-26)19-8-2-1-3-9-19/h1-13H,14-18H2,(H,28,33). The highest BCUT2D eigenvalue weighted by atomic mass is 35.5. The first kappa shape index (κ1) is 21.4. The minimum atomic E-state index is -0.0649. The number of amides is 1. The molecular formula is C26H24ClN5O. The van der Waals surface area contributed by atoms with E-state index in [4.69, 9.17) is 21.6 Å². The van der Waals surface area contributed by atoms with Crippen molar-refractivity contribution < 1.29 is 4.79 Å². The Bertz CT molecular complexity index is 1270. The van der Waals surface area contributed by atoms with E-state index in [1.54, 1.807) is 12.1 Å². The Labute approximate surface area is 197 Å². The lowest BCUT2D eigenvalue weighted by atomic mass is 10.1. The number of carbonyl (C=O) groups excluding carboxylic acids is 1. The van der Waals surface area contributed by atoms with Crippen LogP contribution >= 0.6 is 11.6 Å². The molecule has 4 aromatic rings. The number of aromatic nitrogens is 2. The van der Waals surface area contributed by atoms with Crippen LogP contribution in [0.1, 0.15) is 0 Å². The molecule has 1 fully saturated rings. The topological polar surface area (TPSA) is 61.4 Å². The molecule has 33 heavy (non-hydrogen) atoms. The van der Waals surface area contributed by atoms with E-state index >= 15 is 0 Å². The number of nitrogens with one attached hydrogen (secondary N) is 1. The molecule has 3 aromatic carbocycles. The van der Waals surface area contributed by atoms with E-state index in [2.05, 4.69) is 33.3 Å². The molecule has 0 bridgehead atoms. The summed E-state index contributed by atoms with van der Waals surface area (Å²) in [5.41, 5.74) is 3.59. The molecule has 166 valence electrons. The second-order valence-electron chi connectivity index (χ2n) is 8.05. The van der Waals surface area contributed by atoms with Gasteiger partial charge in [0.05, 0.1) is 28.5 Å². The zero-order valence-electron chi connectivity index (χ0n) is 18.1. The maximum absolute atomic E-state index is 12.5. The Balaban J connectivity index is 1.29. The van der Waals surface area contributed by atoms with Crippen LogP contribution in [0.5, 0.6) is 0 Å². The Hall–Kier alpha value is -3.48. The van der Waals surface area contributed by atoms with Gasteiger partial charge in [-0.1, -0.05) is 72.3 Å². The first-order valence-corrected chi connectivity index (χ1v) is 11.4. The summed E-state index contributed by atoms with van der Waals surface area (Å²) in [6, 6.07) is 25.6. The molecular weight excluding hydrogens is 434 g/mol. The van der Waals surface area contributed by atoms with Gasteiger partial charge in [0, 0.05) is 37.1 Å². The summed E-state index contributed by atoms with van der Waals surface area (Å²) in [5, 5.41) is 4.48. The Morgan fingerprint density at radius 2 is 1.55 bits per heavy atom. The fourth-order valence-corrected chi connectivity index (χ4v) is 4.27. The summed E-state index contributed by atoms with van der Waals surface area (Å²) >= 11 is 6.15. The van der Waals surface area contributed by atoms with Crippen LogP contribution in [-0.2, 0) is 4.79 Å². The van der Waals surface area contributed by atoms with Crippen molar-refractivity contribution in [2.75, 3.05) is 42.9 Å². The fraction of sp³-hybridized carbons (Fsp3) is 0.192. The highest BCUT2D eigenvalue weighted by Crippen LogP contribution is 2.28. The Kier molecular flexibility index (Phi) is 6.19. The zero-order chi connectivity index (χ0) is 22.6. The van der Waals surface area contributed by atoms with Gasteiger partial charge in [0.15, 0.2) is 0 Å². The highest BCUT2D eigenvalue weighted by molar-refractivity contribution is 6.33. The molecule has 0 aliphatic carbocycles. The third-order valence-electron chi connectivity index (χ3n) is 5.81. The second kappa shape index (κ2) is 9.57. The van der Waals surface area contributed by atoms with Crippen molar-refractivity contribution in [2.45, 2.75) is 0 Å². The highest BCUT2D eigenvalue weighted by Gasteiger charge is 2.22. The van der Waals surface area contributed by atoms with Gasteiger partial charge < -0.3 is 10.2 Å². The maximum atomic E-state index is 12.5. The van der Waals surface area contributed by atoms with E-state index in [0.717, 1.165) is 54.3 Å². The van der Waals surface area contributed by atoms with Crippen LogP contribution in [0.3, 0.4) is 0 Å². The molecule has 1 saturated heterocycles. The van der Waals surface area contributed by atoms with Gasteiger partial charge in [-0.3, -0.25) is 9.69 Å². The summed E-state index contributed by atoms with van der Waals surface area (Å²) in [4.78, 5) is 26.6. The number of hydrogen-bond acceptors (Lipinski definition) is 5. The van der Waals surface area contributed by atoms with Gasteiger partial charge in [-0.15, -0.1) is 0 Å². The lowest BCUT2D eigenvalue weighted by Gasteiger charge is -2.34. The predicted molar refractivity (Wildman–Crippen MR) is 134 cm³/mol. The minimum absolute atomic E-state index is 0.0649. The van der Waals surface area contributed by atoms with Crippen molar-refractivity contribution in [1.29, 1.82) is 0 Å². The van der Waals surface area contributed by atoms with Crippen LogP contribution in [0.2, 0.25) is 5.02 Å². The normalized spacial score (nSPS) is 14.4. The molecule has 1 aromatic heterocycles. The number of rotatable bonds is 5.